The highest BCUT2D eigenvalue weighted by Crippen LogP contribution is 2.15. The molecule has 78 valence electrons. The average molecular weight is 242 g/mol. The summed E-state index contributed by atoms with van der Waals surface area (Å²) in [5.74, 6) is 0. The number of nitrogens with zero attached hydrogens (tertiary/aromatic N) is 1. The summed E-state index contributed by atoms with van der Waals surface area (Å²) < 4.78 is 23.2. The summed E-state index contributed by atoms with van der Waals surface area (Å²) in [4.78, 5) is 0.126. The third-order valence-electron chi connectivity index (χ3n) is 1.71. The molecular weight excluding hydrogens is 234 g/mol. The molecular formula is C10H8ClNO2S. The van der Waals surface area contributed by atoms with Crippen LogP contribution in [-0.2, 0) is 9.84 Å². The number of allylic oxidation sites excluding steroid dienone is 1. The van der Waals surface area contributed by atoms with Crippen LogP contribution < -0.4 is 0 Å². The molecule has 0 atom stereocenters. The van der Waals surface area contributed by atoms with Crippen molar-refractivity contribution in [3.63, 3.8) is 0 Å². The third kappa shape index (κ3) is 3.08. The zero-order valence-corrected chi connectivity index (χ0v) is 9.51. The standard InChI is InChI=1S/C10H8ClNO2S/c1-8-2-4-10(5-3-8)15(13,14)7-9(11)6-12/h2-5,7H,1H3/b9-7+. The van der Waals surface area contributed by atoms with Gasteiger partial charge in [0, 0.05) is 0 Å². The fraction of sp³-hybridized carbons (Fsp3) is 0.100. The smallest absolute Gasteiger partial charge is 0.201 e. The van der Waals surface area contributed by atoms with E-state index in [0.717, 1.165) is 11.0 Å². The Morgan fingerprint density at radius 3 is 2.40 bits per heavy atom. The van der Waals surface area contributed by atoms with Crippen LogP contribution in [0, 0.1) is 18.3 Å². The molecule has 0 saturated carbocycles. The van der Waals surface area contributed by atoms with Crippen molar-refractivity contribution in [1.29, 1.82) is 5.26 Å². The lowest BCUT2D eigenvalue weighted by atomic mass is 10.2. The van der Waals surface area contributed by atoms with Gasteiger partial charge in [0.15, 0.2) is 0 Å². The molecule has 0 saturated heterocycles. The number of benzene rings is 1. The molecule has 0 N–H and O–H groups in total. The van der Waals surface area contributed by atoms with Crippen molar-refractivity contribution in [2.45, 2.75) is 11.8 Å². The largest absolute Gasteiger partial charge is 0.219 e. The third-order valence-corrected chi connectivity index (χ3v) is 3.51. The van der Waals surface area contributed by atoms with Crippen LogP contribution in [0.3, 0.4) is 0 Å². The van der Waals surface area contributed by atoms with Crippen LogP contribution in [0.2, 0.25) is 0 Å². The summed E-state index contributed by atoms with van der Waals surface area (Å²) in [6.07, 6.45) is 0. The van der Waals surface area contributed by atoms with E-state index in [2.05, 4.69) is 0 Å². The maximum atomic E-state index is 11.6. The summed E-state index contributed by atoms with van der Waals surface area (Å²) in [6, 6.07) is 7.86. The summed E-state index contributed by atoms with van der Waals surface area (Å²) in [5.41, 5.74) is 0.962. The molecule has 0 aliphatic heterocycles. The first kappa shape index (κ1) is 11.8. The molecule has 0 spiro atoms. The number of rotatable bonds is 2. The average Bonchev–Trinajstić information content (AvgIpc) is 2.17. The fourth-order valence-corrected chi connectivity index (χ4v) is 2.29. The molecule has 0 aliphatic rings. The molecule has 3 nitrogen and oxygen atoms in total. The van der Waals surface area contributed by atoms with Crippen molar-refractivity contribution >= 4 is 21.4 Å². The maximum absolute atomic E-state index is 11.6. The monoisotopic (exact) mass is 241 g/mol. The van der Waals surface area contributed by atoms with Crippen molar-refractivity contribution in [2.24, 2.45) is 0 Å². The van der Waals surface area contributed by atoms with Gasteiger partial charge in [0.1, 0.15) is 11.1 Å². The molecule has 0 aromatic heterocycles. The van der Waals surface area contributed by atoms with Crippen LogP contribution in [0.5, 0.6) is 0 Å². The second-order valence-corrected chi connectivity index (χ2v) is 5.14. The van der Waals surface area contributed by atoms with Gasteiger partial charge in [-0.1, -0.05) is 29.3 Å². The van der Waals surface area contributed by atoms with Gasteiger partial charge in [0.05, 0.1) is 10.3 Å². The molecule has 0 bridgehead atoms. The molecule has 15 heavy (non-hydrogen) atoms. The molecule has 5 heteroatoms. The van der Waals surface area contributed by atoms with E-state index in [1.165, 1.54) is 12.1 Å². The Kier molecular flexibility index (Phi) is 3.51. The predicted octanol–water partition coefficient (Wildman–Crippen LogP) is 2.37. The van der Waals surface area contributed by atoms with E-state index in [-0.39, 0.29) is 9.93 Å². The lowest BCUT2D eigenvalue weighted by Crippen LogP contribution is -1.96. The Hall–Kier alpha value is -1.31. The van der Waals surface area contributed by atoms with E-state index < -0.39 is 9.84 Å². The number of halogens is 1. The Balaban J connectivity index is 3.20. The molecule has 1 rings (SSSR count). The number of hydrogen-bond donors (Lipinski definition) is 0. The van der Waals surface area contributed by atoms with Crippen LogP contribution in [0.15, 0.2) is 39.6 Å². The first-order valence-electron chi connectivity index (χ1n) is 4.05. The first-order valence-corrected chi connectivity index (χ1v) is 5.97. The first-order chi connectivity index (χ1) is 6.95. The Morgan fingerprint density at radius 2 is 1.93 bits per heavy atom. The Labute approximate surface area is 93.5 Å². The van der Waals surface area contributed by atoms with Crippen molar-refractivity contribution in [3.8, 4) is 6.07 Å². The van der Waals surface area contributed by atoms with E-state index in [1.807, 2.05) is 6.92 Å². The second kappa shape index (κ2) is 4.47. The van der Waals surface area contributed by atoms with Gasteiger partial charge in [-0.15, -0.1) is 0 Å². The van der Waals surface area contributed by atoms with E-state index in [0.29, 0.717) is 0 Å². The zero-order chi connectivity index (χ0) is 11.5. The van der Waals surface area contributed by atoms with E-state index in [4.69, 9.17) is 16.9 Å². The van der Waals surface area contributed by atoms with Gasteiger partial charge < -0.3 is 0 Å². The molecule has 0 fully saturated rings. The predicted molar refractivity (Wildman–Crippen MR) is 57.9 cm³/mol. The van der Waals surface area contributed by atoms with Crippen molar-refractivity contribution < 1.29 is 8.42 Å². The van der Waals surface area contributed by atoms with Gasteiger partial charge in [-0.3, -0.25) is 0 Å². The molecule has 0 heterocycles. The molecule has 0 radical (unpaired) electrons. The zero-order valence-electron chi connectivity index (χ0n) is 7.94. The lowest BCUT2D eigenvalue weighted by Gasteiger charge is -1.99. The molecule has 0 amide bonds. The minimum Gasteiger partial charge on any atom is -0.219 e. The van der Waals surface area contributed by atoms with Crippen LogP contribution >= 0.6 is 11.6 Å². The second-order valence-electron chi connectivity index (χ2n) is 2.94. The highest BCUT2D eigenvalue weighted by Gasteiger charge is 2.11. The minimum atomic E-state index is -3.60. The molecule has 0 unspecified atom stereocenters. The van der Waals surface area contributed by atoms with Crippen LogP contribution in [-0.4, -0.2) is 8.42 Å². The fourth-order valence-electron chi connectivity index (χ4n) is 0.959. The summed E-state index contributed by atoms with van der Waals surface area (Å²) in [7, 11) is -3.60. The van der Waals surface area contributed by atoms with E-state index in [9.17, 15) is 8.42 Å². The molecule has 1 aromatic rings. The van der Waals surface area contributed by atoms with Crippen LogP contribution in [0.1, 0.15) is 5.56 Å². The van der Waals surface area contributed by atoms with Crippen molar-refractivity contribution in [3.05, 3.63) is 40.3 Å². The summed E-state index contributed by atoms with van der Waals surface area (Å²) >= 11 is 5.35. The van der Waals surface area contributed by atoms with Crippen LogP contribution in [0.25, 0.3) is 0 Å². The number of sulfone groups is 1. The van der Waals surface area contributed by atoms with Crippen molar-refractivity contribution in [1.82, 2.24) is 0 Å². The number of hydrogen-bond acceptors (Lipinski definition) is 3. The topological polar surface area (TPSA) is 57.9 Å². The number of aryl methyl sites for hydroxylation is 1. The summed E-state index contributed by atoms with van der Waals surface area (Å²) in [5, 5.41) is 8.77. The van der Waals surface area contributed by atoms with Crippen molar-refractivity contribution in [2.75, 3.05) is 0 Å². The van der Waals surface area contributed by atoms with Gasteiger partial charge in [0.25, 0.3) is 0 Å². The lowest BCUT2D eigenvalue weighted by molar-refractivity contribution is 0.604. The van der Waals surface area contributed by atoms with Crippen LogP contribution in [0.4, 0.5) is 0 Å². The van der Waals surface area contributed by atoms with E-state index in [1.54, 1.807) is 18.2 Å². The maximum Gasteiger partial charge on any atom is 0.201 e. The molecule has 1 aromatic carbocycles. The SMILES string of the molecule is Cc1ccc(S(=O)(=O)/C=C(/Cl)C#N)cc1. The number of nitriles is 1. The Morgan fingerprint density at radius 1 is 1.40 bits per heavy atom. The minimum absolute atomic E-state index is 0.126. The highest BCUT2D eigenvalue weighted by molar-refractivity contribution is 7.94. The van der Waals surface area contributed by atoms with Gasteiger partial charge in [-0.25, -0.2) is 8.42 Å². The molecule has 0 aliphatic carbocycles. The van der Waals surface area contributed by atoms with Gasteiger partial charge in [0.2, 0.25) is 9.84 Å². The highest BCUT2D eigenvalue weighted by atomic mass is 35.5. The normalized spacial score (nSPS) is 12.2. The van der Waals surface area contributed by atoms with Gasteiger partial charge in [-0.05, 0) is 19.1 Å². The van der Waals surface area contributed by atoms with Gasteiger partial charge >= 0.3 is 0 Å². The summed E-state index contributed by atoms with van der Waals surface area (Å²) in [6.45, 7) is 1.86. The van der Waals surface area contributed by atoms with E-state index >= 15 is 0 Å². The van der Waals surface area contributed by atoms with Gasteiger partial charge in [-0.2, -0.15) is 5.26 Å². The Bertz CT molecular complexity index is 524. The quantitative estimate of drug-likeness (QED) is 0.747.